The molecule has 2 atom stereocenters. The molecule has 0 spiro atoms. The summed E-state index contributed by atoms with van der Waals surface area (Å²) in [5.41, 5.74) is 3.99. The van der Waals surface area contributed by atoms with Crippen molar-refractivity contribution in [1.29, 1.82) is 0 Å². The van der Waals surface area contributed by atoms with Gasteiger partial charge in [0.1, 0.15) is 34.8 Å². The van der Waals surface area contributed by atoms with Crippen LogP contribution in [0.15, 0.2) is 60.8 Å². The van der Waals surface area contributed by atoms with Crippen molar-refractivity contribution >= 4 is 46.2 Å². The van der Waals surface area contributed by atoms with Gasteiger partial charge in [0.05, 0.1) is 50.9 Å². The molecule has 2 N–H and O–H groups in total. The van der Waals surface area contributed by atoms with Crippen LogP contribution in [0.4, 0.5) is 23.0 Å². The number of hydrogen-bond acceptors (Lipinski definition) is 9. The number of rotatable bonds is 4. The Kier molecular flexibility index (Phi) is 7.75. The van der Waals surface area contributed by atoms with Crippen LogP contribution in [0.5, 0.6) is 11.5 Å². The SMILES string of the molecule is COc1cccc(CN2C(=O)CCc3cc4cc(c32)OC/C=C/CO[C@H]2C[C@@H](CO)N(C2)c2cc(n3ncc(Cl)c3n2)N4)c1. The van der Waals surface area contributed by atoms with Crippen molar-refractivity contribution < 1.29 is 24.1 Å². The van der Waals surface area contributed by atoms with Crippen LogP contribution in [0.3, 0.4) is 0 Å². The molecule has 7 rings (SSSR count). The summed E-state index contributed by atoms with van der Waals surface area (Å²) in [6, 6.07) is 13.5. The second kappa shape index (κ2) is 12.0. The monoisotopic (exact) mass is 616 g/mol. The summed E-state index contributed by atoms with van der Waals surface area (Å²) in [5, 5.41) is 18.6. The zero-order chi connectivity index (χ0) is 30.2. The first-order valence-corrected chi connectivity index (χ1v) is 15.1. The standard InChI is InChI=1S/C32H33ClN6O5/c1-42-24-6-4-5-20(11-24)17-38-30(41)8-7-21-12-22-13-27(31(21)38)44-10-3-2-9-43-25-14-23(19-40)37(18-25)28-15-29(35-22)39-32(36-28)26(33)16-34-39/h2-6,11-13,15-16,23,25,35,40H,7-10,14,17-19H2,1H3/b3-2+/t23-,25-/m0/s1. The number of nitrogens with one attached hydrogen (secondary N) is 1. The summed E-state index contributed by atoms with van der Waals surface area (Å²) in [5.74, 6) is 2.68. The fraction of sp³-hybridized carbons (Fsp3) is 0.344. The minimum Gasteiger partial charge on any atom is -0.497 e. The van der Waals surface area contributed by atoms with Crippen LogP contribution in [0.1, 0.15) is 24.0 Å². The number of benzene rings is 2. The van der Waals surface area contributed by atoms with Crippen molar-refractivity contribution in [3.63, 3.8) is 0 Å². The van der Waals surface area contributed by atoms with Crippen molar-refractivity contribution in [2.45, 2.75) is 38.0 Å². The van der Waals surface area contributed by atoms with Gasteiger partial charge in [0.2, 0.25) is 5.91 Å². The van der Waals surface area contributed by atoms with Crippen LogP contribution in [0.2, 0.25) is 5.02 Å². The first kappa shape index (κ1) is 28.5. The van der Waals surface area contributed by atoms with E-state index in [0.717, 1.165) is 28.3 Å². The Hall–Kier alpha value is -4.32. The van der Waals surface area contributed by atoms with Gasteiger partial charge in [0.15, 0.2) is 5.65 Å². The van der Waals surface area contributed by atoms with Gasteiger partial charge < -0.3 is 34.4 Å². The second-order valence-corrected chi connectivity index (χ2v) is 11.5. The Labute approximate surface area is 259 Å². The fourth-order valence-corrected chi connectivity index (χ4v) is 6.35. The predicted molar refractivity (Wildman–Crippen MR) is 167 cm³/mol. The molecule has 11 nitrogen and oxygen atoms in total. The maximum Gasteiger partial charge on any atom is 0.227 e. The van der Waals surface area contributed by atoms with Gasteiger partial charge in [-0.25, -0.2) is 4.98 Å². The number of aryl methyl sites for hydroxylation is 1. The largest absolute Gasteiger partial charge is 0.497 e. The molecule has 0 saturated carbocycles. The second-order valence-electron chi connectivity index (χ2n) is 11.1. The van der Waals surface area contributed by atoms with Crippen molar-refractivity contribution in [3.8, 4) is 11.5 Å². The molecule has 2 aromatic carbocycles. The highest BCUT2D eigenvalue weighted by atomic mass is 35.5. The normalized spacial score (nSPS) is 20.7. The number of anilines is 4. The average molecular weight is 617 g/mol. The molecule has 2 aromatic heterocycles. The van der Waals surface area contributed by atoms with E-state index in [1.54, 1.807) is 22.7 Å². The van der Waals surface area contributed by atoms with Crippen molar-refractivity contribution in [3.05, 3.63) is 77.0 Å². The molecular formula is C32H33ClN6O5. The van der Waals surface area contributed by atoms with E-state index >= 15 is 0 Å². The number of halogens is 1. The first-order chi connectivity index (χ1) is 21.5. The van der Waals surface area contributed by atoms with E-state index < -0.39 is 0 Å². The van der Waals surface area contributed by atoms with Crippen molar-refractivity contribution in [2.24, 2.45) is 0 Å². The summed E-state index contributed by atoms with van der Waals surface area (Å²) in [7, 11) is 1.63. The van der Waals surface area contributed by atoms with E-state index in [4.69, 9.17) is 30.8 Å². The van der Waals surface area contributed by atoms with Gasteiger partial charge in [0, 0.05) is 30.8 Å². The minimum absolute atomic E-state index is 0.0225. The number of ether oxygens (including phenoxy) is 3. The highest BCUT2D eigenvalue weighted by molar-refractivity contribution is 6.33. The quantitative estimate of drug-likeness (QED) is 0.320. The van der Waals surface area contributed by atoms with Crippen LogP contribution < -0.4 is 24.6 Å². The van der Waals surface area contributed by atoms with Crippen LogP contribution in [0, 0.1) is 0 Å². The van der Waals surface area contributed by atoms with Crippen LogP contribution in [-0.2, 0) is 22.5 Å². The zero-order valence-corrected chi connectivity index (χ0v) is 25.0. The highest BCUT2D eigenvalue weighted by Crippen LogP contribution is 2.42. The van der Waals surface area contributed by atoms with Crippen LogP contribution >= 0.6 is 11.6 Å². The van der Waals surface area contributed by atoms with Crippen LogP contribution in [-0.4, -0.2) is 71.2 Å². The summed E-state index contributed by atoms with van der Waals surface area (Å²) in [4.78, 5) is 22.0. The number of aromatic nitrogens is 3. The van der Waals surface area contributed by atoms with E-state index in [2.05, 4.69) is 21.4 Å². The number of hydrogen-bond donors (Lipinski definition) is 2. The molecule has 0 aliphatic carbocycles. The molecule has 0 unspecified atom stereocenters. The minimum atomic E-state index is -0.143. The van der Waals surface area contributed by atoms with E-state index in [0.29, 0.717) is 73.6 Å². The number of amides is 1. The molecule has 5 heterocycles. The van der Waals surface area contributed by atoms with E-state index in [9.17, 15) is 9.90 Å². The average Bonchev–Trinajstić information content (AvgIpc) is 3.63. The Morgan fingerprint density at radius 1 is 1.16 bits per heavy atom. The summed E-state index contributed by atoms with van der Waals surface area (Å²) in [6.45, 7) is 1.66. The lowest BCUT2D eigenvalue weighted by Crippen LogP contribution is -2.35. The molecule has 12 heteroatoms. The Morgan fingerprint density at radius 3 is 2.91 bits per heavy atom. The smallest absolute Gasteiger partial charge is 0.227 e. The Balaban J connectivity index is 1.32. The number of methoxy groups -OCH3 is 1. The Bertz CT molecular complexity index is 1740. The number of carbonyl (C=O) groups is 1. The third-order valence-electron chi connectivity index (χ3n) is 8.31. The topological polar surface area (TPSA) is 114 Å². The van der Waals surface area contributed by atoms with Crippen molar-refractivity contribution in [2.75, 3.05) is 48.6 Å². The molecule has 44 heavy (non-hydrogen) atoms. The number of nitrogens with zero attached hydrogens (tertiary/aromatic N) is 5. The molecule has 6 bridgehead atoms. The van der Waals surface area contributed by atoms with Gasteiger partial charge in [-0.2, -0.15) is 9.61 Å². The molecule has 3 aliphatic rings. The highest BCUT2D eigenvalue weighted by Gasteiger charge is 2.34. The molecule has 0 radical (unpaired) electrons. The number of aliphatic hydroxyl groups excluding tert-OH is 1. The fourth-order valence-electron chi connectivity index (χ4n) is 6.19. The number of aliphatic hydroxyl groups is 1. The molecule has 4 aromatic rings. The first-order valence-electron chi connectivity index (χ1n) is 14.7. The Morgan fingerprint density at radius 2 is 2.05 bits per heavy atom. The predicted octanol–water partition coefficient (Wildman–Crippen LogP) is 4.52. The third kappa shape index (κ3) is 5.42. The van der Waals surface area contributed by atoms with E-state index in [-0.39, 0.29) is 24.7 Å². The van der Waals surface area contributed by atoms with Gasteiger partial charge in [-0.05, 0) is 48.2 Å². The summed E-state index contributed by atoms with van der Waals surface area (Å²) in [6.07, 6.45) is 6.99. The molecule has 3 aliphatic heterocycles. The maximum atomic E-state index is 13.3. The van der Waals surface area contributed by atoms with Crippen LogP contribution in [0.25, 0.3) is 5.65 Å². The van der Waals surface area contributed by atoms with Gasteiger partial charge in [0.25, 0.3) is 0 Å². The summed E-state index contributed by atoms with van der Waals surface area (Å²) < 4.78 is 19.6. The van der Waals surface area contributed by atoms with Gasteiger partial charge in [-0.1, -0.05) is 29.8 Å². The lowest BCUT2D eigenvalue weighted by Gasteiger charge is -2.32. The molecule has 1 fully saturated rings. The zero-order valence-electron chi connectivity index (χ0n) is 24.3. The van der Waals surface area contributed by atoms with Gasteiger partial charge in [-0.15, -0.1) is 0 Å². The molecule has 228 valence electrons. The number of fused-ring (bicyclic) bond motifs is 11. The van der Waals surface area contributed by atoms with E-state index in [1.165, 1.54) is 0 Å². The maximum absolute atomic E-state index is 13.3. The van der Waals surface area contributed by atoms with E-state index in [1.807, 2.05) is 48.6 Å². The lowest BCUT2D eigenvalue weighted by molar-refractivity contribution is -0.119. The number of carbonyl (C=O) groups excluding carboxylic acids is 1. The van der Waals surface area contributed by atoms with Gasteiger partial charge >= 0.3 is 0 Å². The molecule has 1 saturated heterocycles. The molecule has 1 amide bonds. The molecular weight excluding hydrogens is 584 g/mol. The van der Waals surface area contributed by atoms with Gasteiger partial charge in [-0.3, -0.25) is 4.79 Å². The summed E-state index contributed by atoms with van der Waals surface area (Å²) >= 11 is 6.52. The van der Waals surface area contributed by atoms with Crippen molar-refractivity contribution in [1.82, 2.24) is 14.6 Å². The lowest BCUT2D eigenvalue weighted by atomic mass is 9.98. The third-order valence-corrected chi connectivity index (χ3v) is 8.57.